The average molecular weight is 661 g/mol. The Balaban J connectivity index is 1.23. The Morgan fingerprint density at radius 3 is 1.54 bits per heavy atom. The predicted molar refractivity (Wildman–Crippen MR) is 219 cm³/mol. The lowest BCUT2D eigenvalue weighted by atomic mass is 9.81. The Labute approximate surface area is 302 Å². The van der Waals surface area contributed by atoms with E-state index in [4.69, 9.17) is 4.98 Å². The molecule has 2 nitrogen and oxygen atoms in total. The summed E-state index contributed by atoms with van der Waals surface area (Å²) in [6, 6.07) is 63.5. The number of hydrogen-bond donors (Lipinski definition) is 0. The van der Waals surface area contributed by atoms with Crippen LogP contribution < -0.4 is 0 Å². The zero-order valence-corrected chi connectivity index (χ0v) is 28.4. The molecule has 10 aromatic rings. The van der Waals surface area contributed by atoms with Gasteiger partial charge in [-0.3, -0.25) is 9.97 Å². The van der Waals surface area contributed by atoms with E-state index in [-0.39, 0.29) is 0 Å². The van der Waals surface area contributed by atoms with Crippen LogP contribution in [-0.2, 0) is 0 Å². The smallest absolute Gasteiger partial charge is 0.0702 e. The van der Waals surface area contributed by atoms with Crippen molar-refractivity contribution in [1.29, 1.82) is 0 Å². The van der Waals surface area contributed by atoms with Crippen LogP contribution in [0, 0.1) is 0 Å². The fourth-order valence-electron chi connectivity index (χ4n) is 8.04. The molecule has 2 aromatic heterocycles. The number of aromatic nitrogens is 2. The molecule has 0 spiro atoms. The largest absolute Gasteiger partial charge is 0.264 e. The van der Waals surface area contributed by atoms with Crippen molar-refractivity contribution >= 4 is 43.2 Å². The fraction of sp³-hybridized carbons (Fsp3) is 0. The summed E-state index contributed by atoms with van der Waals surface area (Å²) in [4.78, 5) is 9.26. The summed E-state index contributed by atoms with van der Waals surface area (Å²) in [5.74, 6) is 0. The number of hydrogen-bond acceptors (Lipinski definition) is 2. The van der Waals surface area contributed by atoms with Gasteiger partial charge in [0.1, 0.15) is 0 Å². The first-order valence-electron chi connectivity index (χ1n) is 17.7. The van der Waals surface area contributed by atoms with Gasteiger partial charge in [-0.05, 0) is 101 Å². The topological polar surface area (TPSA) is 25.8 Å². The van der Waals surface area contributed by atoms with Crippen LogP contribution >= 0.6 is 0 Å². The highest BCUT2D eigenvalue weighted by Crippen LogP contribution is 2.49. The third kappa shape index (κ3) is 4.96. The third-order valence-electron chi connectivity index (χ3n) is 10.4. The summed E-state index contributed by atoms with van der Waals surface area (Å²) in [5, 5.41) is 8.51. The molecule has 0 amide bonds. The van der Waals surface area contributed by atoms with E-state index in [0.717, 1.165) is 27.6 Å². The van der Waals surface area contributed by atoms with E-state index >= 15 is 0 Å². The summed E-state index contributed by atoms with van der Waals surface area (Å²) < 4.78 is 0. The lowest BCUT2D eigenvalue weighted by molar-refractivity contribution is 1.33. The molecule has 0 radical (unpaired) electrons. The maximum absolute atomic E-state index is 4.72. The second kappa shape index (κ2) is 12.5. The Bertz CT molecular complexity index is 2870. The number of nitrogens with zero attached hydrogens (tertiary/aromatic N) is 2. The van der Waals surface area contributed by atoms with E-state index in [2.05, 4.69) is 169 Å². The van der Waals surface area contributed by atoms with Gasteiger partial charge < -0.3 is 0 Å². The van der Waals surface area contributed by atoms with Crippen molar-refractivity contribution in [3.8, 4) is 55.6 Å². The molecule has 8 aromatic carbocycles. The molecule has 242 valence electrons. The maximum atomic E-state index is 4.72. The number of rotatable bonds is 5. The van der Waals surface area contributed by atoms with Gasteiger partial charge >= 0.3 is 0 Å². The molecule has 0 N–H and O–H groups in total. The lowest BCUT2D eigenvalue weighted by Gasteiger charge is -2.22. The van der Waals surface area contributed by atoms with E-state index in [1.54, 1.807) is 0 Å². The molecule has 2 heterocycles. The van der Waals surface area contributed by atoms with E-state index in [0.29, 0.717) is 0 Å². The van der Waals surface area contributed by atoms with Gasteiger partial charge in [-0.1, -0.05) is 152 Å². The van der Waals surface area contributed by atoms with Crippen LogP contribution in [0.5, 0.6) is 0 Å². The van der Waals surface area contributed by atoms with Crippen molar-refractivity contribution in [2.45, 2.75) is 0 Å². The molecule has 10 rings (SSSR count). The summed E-state index contributed by atoms with van der Waals surface area (Å²) in [5.41, 5.74) is 12.9. The number of benzene rings is 8. The predicted octanol–water partition coefficient (Wildman–Crippen LogP) is 13.4. The molecule has 0 fully saturated rings. The van der Waals surface area contributed by atoms with Gasteiger partial charge in [0.05, 0.1) is 5.52 Å². The van der Waals surface area contributed by atoms with Crippen LogP contribution in [0.1, 0.15) is 0 Å². The Kier molecular flexibility index (Phi) is 7.18. The monoisotopic (exact) mass is 660 g/mol. The molecule has 0 atom stereocenters. The third-order valence-corrected chi connectivity index (χ3v) is 10.4. The SMILES string of the molecule is c1ccc(-c2cc(-c3c4ccccc4c(-c4ccc(-c5cnc6ccccc6c5)cc4)c4ccccc34)c3ccccc3c2-c2cccnc2)cc1. The highest BCUT2D eigenvalue weighted by Gasteiger charge is 2.21. The van der Waals surface area contributed by atoms with Crippen molar-refractivity contribution in [3.05, 3.63) is 195 Å². The summed E-state index contributed by atoms with van der Waals surface area (Å²) >= 11 is 0. The van der Waals surface area contributed by atoms with Crippen molar-refractivity contribution in [1.82, 2.24) is 9.97 Å². The molecular weight excluding hydrogens is 629 g/mol. The quantitative estimate of drug-likeness (QED) is 0.172. The minimum atomic E-state index is 1.01. The number of pyridine rings is 2. The lowest BCUT2D eigenvalue weighted by Crippen LogP contribution is -1.95. The van der Waals surface area contributed by atoms with Crippen LogP contribution in [0.2, 0.25) is 0 Å². The molecule has 2 heteroatoms. The second-order valence-electron chi connectivity index (χ2n) is 13.3. The molecular formula is C50H32N2. The standard InChI is InChI=1S/C50H32N2/c1-2-13-34(14-3-1)45-30-46(39-17-5-6-18-40(39)49(45)37-16-12-28-51-31-37)50-43-21-9-7-19-41(43)48(42-20-8-10-22-44(42)50)35-26-24-33(25-27-35)38-29-36-15-4-11-23-47(36)52-32-38/h1-32H. The molecule has 0 bridgehead atoms. The van der Waals surface area contributed by atoms with E-state index < -0.39 is 0 Å². The second-order valence-corrected chi connectivity index (χ2v) is 13.3. The summed E-state index contributed by atoms with van der Waals surface area (Å²) in [6.45, 7) is 0. The van der Waals surface area contributed by atoms with Gasteiger partial charge in [0.2, 0.25) is 0 Å². The molecule has 0 unspecified atom stereocenters. The van der Waals surface area contributed by atoms with Gasteiger partial charge in [-0.25, -0.2) is 0 Å². The molecule has 0 aliphatic heterocycles. The molecule has 0 aliphatic carbocycles. The molecule has 0 aliphatic rings. The zero-order valence-electron chi connectivity index (χ0n) is 28.4. The first-order chi connectivity index (χ1) is 25.8. The van der Waals surface area contributed by atoms with Crippen molar-refractivity contribution in [2.24, 2.45) is 0 Å². The summed E-state index contributed by atoms with van der Waals surface area (Å²) in [6.07, 6.45) is 5.80. The van der Waals surface area contributed by atoms with Crippen molar-refractivity contribution < 1.29 is 0 Å². The summed E-state index contributed by atoms with van der Waals surface area (Å²) in [7, 11) is 0. The van der Waals surface area contributed by atoms with Gasteiger partial charge in [0, 0.05) is 35.1 Å². The van der Waals surface area contributed by atoms with E-state index in [9.17, 15) is 0 Å². The Morgan fingerprint density at radius 1 is 0.308 bits per heavy atom. The van der Waals surface area contributed by atoms with Gasteiger partial charge in [0.25, 0.3) is 0 Å². The van der Waals surface area contributed by atoms with Gasteiger partial charge in [0.15, 0.2) is 0 Å². The minimum absolute atomic E-state index is 1.01. The van der Waals surface area contributed by atoms with Gasteiger partial charge in [-0.2, -0.15) is 0 Å². The number of para-hydroxylation sites is 1. The van der Waals surface area contributed by atoms with E-state index in [1.165, 1.54) is 71.3 Å². The van der Waals surface area contributed by atoms with Gasteiger partial charge in [-0.15, -0.1) is 0 Å². The highest BCUT2D eigenvalue weighted by atomic mass is 14.6. The molecule has 0 saturated heterocycles. The highest BCUT2D eigenvalue weighted by molar-refractivity contribution is 6.25. The van der Waals surface area contributed by atoms with Crippen LogP contribution in [0.15, 0.2) is 195 Å². The first kappa shape index (κ1) is 30.0. The Morgan fingerprint density at radius 2 is 0.865 bits per heavy atom. The Hall–Kier alpha value is -6.90. The first-order valence-corrected chi connectivity index (χ1v) is 17.7. The number of fused-ring (bicyclic) bond motifs is 4. The molecule has 52 heavy (non-hydrogen) atoms. The fourth-order valence-corrected chi connectivity index (χ4v) is 8.04. The van der Waals surface area contributed by atoms with Crippen LogP contribution in [0.3, 0.4) is 0 Å². The van der Waals surface area contributed by atoms with Crippen LogP contribution in [0.4, 0.5) is 0 Å². The van der Waals surface area contributed by atoms with Crippen molar-refractivity contribution in [3.63, 3.8) is 0 Å². The van der Waals surface area contributed by atoms with Crippen molar-refractivity contribution in [2.75, 3.05) is 0 Å². The average Bonchev–Trinajstić information content (AvgIpc) is 3.23. The molecule has 0 saturated carbocycles. The van der Waals surface area contributed by atoms with Crippen LogP contribution in [0.25, 0.3) is 98.9 Å². The normalized spacial score (nSPS) is 11.5. The zero-order chi connectivity index (χ0) is 34.4. The maximum Gasteiger partial charge on any atom is 0.0702 e. The van der Waals surface area contributed by atoms with E-state index in [1.807, 2.05) is 30.7 Å². The minimum Gasteiger partial charge on any atom is -0.264 e. The van der Waals surface area contributed by atoms with Crippen LogP contribution in [-0.4, -0.2) is 9.97 Å².